The summed E-state index contributed by atoms with van der Waals surface area (Å²) < 4.78 is 2.12. The van der Waals surface area contributed by atoms with Crippen molar-refractivity contribution in [2.24, 2.45) is 5.10 Å². The standard InChI is InChI=1S/C22H24N4S/c1-16(14-17-8-6-5-7-9-17)15-23-26-20(24-25-21(26)27)18-10-12-19(13-11-18)22(2,3)4/h5-15H,1-4H3,(H,25,27)/b16-14-,23-15-. The number of nitrogens with one attached hydrogen (secondary N) is 1. The molecule has 0 unspecified atom stereocenters. The average molecular weight is 377 g/mol. The molecule has 0 aliphatic carbocycles. The predicted molar refractivity (Wildman–Crippen MR) is 116 cm³/mol. The van der Waals surface area contributed by atoms with Crippen molar-refractivity contribution in [2.45, 2.75) is 33.1 Å². The number of nitrogens with zero attached hydrogens (tertiary/aromatic N) is 3. The topological polar surface area (TPSA) is 46.0 Å². The van der Waals surface area contributed by atoms with Crippen LogP contribution in [0.1, 0.15) is 38.8 Å². The van der Waals surface area contributed by atoms with Crippen LogP contribution < -0.4 is 0 Å². The Hall–Kier alpha value is -2.79. The Morgan fingerprint density at radius 1 is 1.07 bits per heavy atom. The van der Waals surface area contributed by atoms with Crippen molar-refractivity contribution < 1.29 is 0 Å². The molecule has 138 valence electrons. The van der Waals surface area contributed by atoms with Gasteiger partial charge in [-0.25, -0.2) is 5.10 Å². The van der Waals surface area contributed by atoms with E-state index in [9.17, 15) is 0 Å². The van der Waals surface area contributed by atoms with Crippen molar-refractivity contribution in [3.8, 4) is 11.4 Å². The van der Waals surface area contributed by atoms with Gasteiger partial charge in [-0.3, -0.25) is 0 Å². The van der Waals surface area contributed by atoms with Gasteiger partial charge in [0.15, 0.2) is 5.82 Å². The van der Waals surface area contributed by atoms with Gasteiger partial charge in [0.1, 0.15) is 0 Å². The van der Waals surface area contributed by atoms with Crippen molar-refractivity contribution >= 4 is 24.5 Å². The Bertz CT molecular complexity index is 1020. The van der Waals surface area contributed by atoms with Crippen LogP contribution in [0.5, 0.6) is 0 Å². The third-order valence-corrected chi connectivity index (χ3v) is 4.49. The summed E-state index contributed by atoms with van der Waals surface area (Å²) in [5, 5.41) is 11.7. The molecule has 0 atom stereocenters. The molecule has 0 bridgehead atoms. The summed E-state index contributed by atoms with van der Waals surface area (Å²) in [5.74, 6) is 0.698. The second-order valence-electron chi connectivity index (χ2n) is 7.54. The predicted octanol–water partition coefficient (Wildman–Crippen LogP) is 5.84. The number of H-pyrrole nitrogens is 1. The van der Waals surface area contributed by atoms with E-state index in [2.05, 4.69) is 78.5 Å². The van der Waals surface area contributed by atoms with Crippen LogP contribution in [0, 0.1) is 4.77 Å². The molecule has 0 radical (unpaired) electrons. The summed E-state index contributed by atoms with van der Waals surface area (Å²) in [7, 11) is 0. The Morgan fingerprint density at radius 3 is 2.37 bits per heavy atom. The number of rotatable bonds is 4. The van der Waals surface area contributed by atoms with E-state index in [1.807, 2.05) is 25.1 Å². The molecular formula is C22H24N4S. The molecule has 1 aromatic heterocycles. The second-order valence-corrected chi connectivity index (χ2v) is 7.92. The summed E-state index contributed by atoms with van der Waals surface area (Å²) >= 11 is 5.35. The fourth-order valence-electron chi connectivity index (χ4n) is 2.70. The van der Waals surface area contributed by atoms with Crippen LogP contribution in [0.15, 0.2) is 65.3 Å². The maximum absolute atomic E-state index is 5.35. The normalized spacial score (nSPS) is 12.7. The first-order valence-electron chi connectivity index (χ1n) is 8.90. The van der Waals surface area contributed by atoms with Gasteiger partial charge in [0.25, 0.3) is 0 Å². The summed E-state index contributed by atoms with van der Waals surface area (Å²) in [6, 6.07) is 18.5. The minimum Gasteiger partial charge on any atom is -0.250 e. The quantitative estimate of drug-likeness (QED) is 0.459. The number of hydrogen-bond donors (Lipinski definition) is 1. The van der Waals surface area contributed by atoms with Crippen LogP contribution in [0.2, 0.25) is 0 Å². The third kappa shape index (κ3) is 4.68. The van der Waals surface area contributed by atoms with Gasteiger partial charge >= 0.3 is 0 Å². The third-order valence-electron chi connectivity index (χ3n) is 4.23. The molecule has 1 heterocycles. The fourth-order valence-corrected chi connectivity index (χ4v) is 2.88. The first-order chi connectivity index (χ1) is 12.8. The molecule has 3 rings (SSSR count). The van der Waals surface area contributed by atoms with Crippen molar-refractivity contribution in [1.82, 2.24) is 14.9 Å². The Kier molecular flexibility index (Phi) is 5.51. The minimum absolute atomic E-state index is 0.112. The molecule has 1 N–H and O–H groups in total. The lowest BCUT2D eigenvalue weighted by molar-refractivity contribution is 0.590. The van der Waals surface area contributed by atoms with Crippen LogP contribution in [0.4, 0.5) is 0 Å². The average Bonchev–Trinajstić information content (AvgIpc) is 3.01. The number of aromatic amines is 1. The molecule has 2 aromatic carbocycles. The van der Waals surface area contributed by atoms with Crippen LogP contribution in [0.25, 0.3) is 17.5 Å². The molecule has 0 amide bonds. The first kappa shape index (κ1) is 19.0. The van der Waals surface area contributed by atoms with Crippen molar-refractivity contribution in [3.63, 3.8) is 0 Å². The summed E-state index contributed by atoms with van der Waals surface area (Å²) in [6.45, 7) is 8.61. The summed E-state index contributed by atoms with van der Waals surface area (Å²) in [6.07, 6.45) is 3.87. The van der Waals surface area contributed by atoms with E-state index in [-0.39, 0.29) is 5.41 Å². The fraction of sp³-hybridized carbons (Fsp3) is 0.227. The highest BCUT2D eigenvalue weighted by atomic mass is 32.1. The largest absolute Gasteiger partial charge is 0.250 e. The smallest absolute Gasteiger partial charge is 0.216 e. The monoisotopic (exact) mass is 376 g/mol. The molecule has 0 aliphatic heterocycles. The number of benzene rings is 2. The van der Waals surface area contributed by atoms with Gasteiger partial charge in [-0.05, 0) is 41.3 Å². The van der Waals surface area contributed by atoms with Crippen LogP contribution in [0.3, 0.4) is 0 Å². The van der Waals surface area contributed by atoms with Gasteiger partial charge in [0.05, 0.1) is 6.21 Å². The lowest BCUT2D eigenvalue weighted by Crippen LogP contribution is -2.10. The SMILES string of the molecule is CC(/C=N\n1c(-c2ccc(C(C)(C)C)cc2)n[nH]c1=S)=C/c1ccccc1. The lowest BCUT2D eigenvalue weighted by atomic mass is 9.87. The van der Waals surface area contributed by atoms with Crippen LogP contribution in [-0.4, -0.2) is 21.1 Å². The zero-order chi connectivity index (χ0) is 19.4. The molecule has 3 aromatic rings. The highest BCUT2D eigenvalue weighted by molar-refractivity contribution is 7.71. The zero-order valence-corrected chi connectivity index (χ0v) is 16.9. The molecule has 0 spiro atoms. The number of allylic oxidation sites excluding steroid dienone is 1. The van der Waals surface area contributed by atoms with Gasteiger partial charge in [-0.2, -0.15) is 14.9 Å². The van der Waals surface area contributed by atoms with Gasteiger partial charge in [-0.1, -0.05) is 81.4 Å². The Balaban J connectivity index is 1.89. The highest BCUT2D eigenvalue weighted by Gasteiger charge is 2.14. The number of aromatic nitrogens is 3. The van der Waals surface area contributed by atoms with Gasteiger partial charge in [0.2, 0.25) is 4.77 Å². The molecule has 0 aliphatic rings. The minimum atomic E-state index is 0.112. The van der Waals surface area contributed by atoms with E-state index < -0.39 is 0 Å². The molecule has 27 heavy (non-hydrogen) atoms. The Labute approximate surface area is 165 Å². The van der Waals surface area contributed by atoms with Gasteiger partial charge < -0.3 is 0 Å². The van der Waals surface area contributed by atoms with E-state index in [4.69, 9.17) is 12.2 Å². The molecule has 0 saturated carbocycles. The van der Waals surface area contributed by atoms with Crippen molar-refractivity contribution in [1.29, 1.82) is 0 Å². The van der Waals surface area contributed by atoms with Crippen LogP contribution in [-0.2, 0) is 5.41 Å². The zero-order valence-electron chi connectivity index (χ0n) is 16.1. The second kappa shape index (κ2) is 7.84. The molecule has 0 fully saturated rings. The van der Waals surface area contributed by atoms with Crippen molar-refractivity contribution in [2.75, 3.05) is 0 Å². The van der Waals surface area contributed by atoms with E-state index in [0.29, 0.717) is 10.6 Å². The maximum Gasteiger partial charge on any atom is 0.216 e. The van der Waals surface area contributed by atoms with E-state index >= 15 is 0 Å². The Morgan fingerprint density at radius 2 is 1.74 bits per heavy atom. The highest BCUT2D eigenvalue weighted by Crippen LogP contribution is 2.25. The van der Waals surface area contributed by atoms with Gasteiger partial charge in [0, 0.05) is 5.56 Å². The molecule has 4 nitrogen and oxygen atoms in total. The first-order valence-corrected chi connectivity index (χ1v) is 9.31. The molecular weight excluding hydrogens is 352 g/mol. The van der Waals surface area contributed by atoms with E-state index in [0.717, 1.165) is 16.7 Å². The molecule has 0 saturated heterocycles. The summed E-state index contributed by atoms with van der Waals surface area (Å²) in [5.41, 5.74) is 4.52. The van der Waals surface area contributed by atoms with Crippen molar-refractivity contribution in [3.05, 3.63) is 76.1 Å². The van der Waals surface area contributed by atoms with Crippen LogP contribution >= 0.6 is 12.2 Å². The number of hydrogen-bond acceptors (Lipinski definition) is 3. The summed E-state index contributed by atoms with van der Waals surface area (Å²) in [4.78, 5) is 0. The van der Waals surface area contributed by atoms with Gasteiger partial charge in [-0.15, -0.1) is 0 Å². The van der Waals surface area contributed by atoms with E-state index in [1.54, 1.807) is 10.9 Å². The molecule has 5 heteroatoms. The lowest BCUT2D eigenvalue weighted by Gasteiger charge is -2.18. The van der Waals surface area contributed by atoms with E-state index in [1.165, 1.54) is 5.56 Å². The maximum atomic E-state index is 5.35.